The largest absolute Gasteiger partial charge is 0.478 e. The van der Waals surface area contributed by atoms with Gasteiger partial charge in [0.2, 0.25) is 11.2 Å². The summed E-state index contributed by atoms with van der Waals surface area (Å²) in [5.74, 6) is 0.666. The molecule has 0 unspecified atom stereocenters. The molecule has 3 aromatic rings. The van der Waals surface area contributed by atoms with Gasteiger partial charge in [-0.05, 0) is 12.1 Å². The Bertz CT molecular complexity index is 853. The second-order valence-electron chi connectivity index (χ2n) is 4.71. The number of benzene rings is 1. The molecule has 0 bridgehead atoms. The second kappa shape index (κ2) is 6.68. The van der Waals surface area contributed by atoms with Gasteiger partial charge in [0.25, 0.3) is 0 Å². The predicted molar refractivity (Wildman–Crippen MR) is 82.2 cm³/mol. The Balaban J connectivity index is 1.70. The molecule has 1 aromatic carbocycles. The minimum absolute atomic E-state index is 0.0316. The minimum atomic E-state index is -0.377. The average molecular weight is 334 g/mol. The van der Waals surface area contributed by atoms with Crippen LogP contribution in [0.5, 0.6) is 5.75 Å². The van der Waals surface area contributed by atoms with Crippen LogP contribution in [-0.4, -0.2) is 10.3 Å². The first-order valence-electron chi connectivity index (χ1n) is 6.72. The molecule has 0 saturated heterocycles. The Morgan fingerprint density at radius 2 is 1.96 bits per heavy atom. The van der Waals surface area contributed by atoms with E-state index in [2.05, 4.69) is 5.16 Å². The van der Waals surface area contributed by atoms with Crippen LogP contribution in [0.25, 0.3) is 11.3 Å². The quantitative estimate of drug-likeness (QED) is 0.772. The van der Waals surface area contributed by atoms with Crippen molar-refractivity contribution in [1.82, 2.24) is 5.16 Å². The molecule has 23 heavy (non-hydrogen) atoms. The van der Waals surface area contributed by atoms with Crippen molar-refractivity contribution in [3.8, 4) is 17.0 Å². The number of halogens is 1. The zero-order valence-corrected chi connectivity index (χ0v) is 12.6. The number of aromatic nitrogens is 1. The fourth-order valence-electron chi connectivity index (χ4n) is 1.91. The first-order chi connectivity index (χ1) is 11.2. The fourth-order valence-corrected chi connectivity index (χ4v) is 2.04. The van der Waals surface area contributed by atoms with Gasteiger partial charge in [-0.1, -0.05) is 28.9 Å². The van der Waals surface area contributed by atoms with Crippen LogP contribution in [0.3, 0.4) is 0 Å². The molecule has 0 aliphatic heterocycles. The smallest absolute Gasteiger partial charge is 0.227 e. The number of aliphatic hydroxyl groups excluding tert-OH is 1. The van der Waals surface area contributed by atoms with E-state index >= 15 is 0 Å². The molecule has 0 aliphatic rings. The number of ether oxygens (including phenoxy) is 1. The zero-order chi connectivity index (χ0) is 16.2. The van der Waals surface area contributed by atoms with Crippen LogP contribution < -0.4 is 10.2 Å². The molecule has 1 N–H and O–H groups in total. The molecule has 0 amide bonds. The van der Waals surface area contributed by atoms with Gasteiger partial charge in [-0.25, -0.2) is 0 Å². The molecular weight excluding hydrogens is 322 g/mol. The van der Waals surface area contributed by atoms with Gasteiger partial charge in [0.15, 0.2) is 5.76 Å². The summed E-state index contributed by atoms with van der Waals surface area (Å²) < 4.78 is 15.6. The van der Waals surface area contributed by atoms with Crippen molar-refractivity contribution in [2.75, 3.05) is 0 Å². The van der Waals surface area contributed by atoms with E-state index in [4.69, 9.17) is 30.4 Å². The van der Waals surface area contributed by atoms with Gasteiger partial charge in [0, 0.05) is 22.7 Å². The van der Waals surface area contributed by atoms with E-state index in [-0.39, 0.29) is 30.2 Å². The van der Waals surface area contributed by atoms with Crippen LogP contribution in [0, 0.1) is 0 Å². The topological polar surface area (TPSA) is 85.7 Å². The SMILES string of the molecule is O=c1cc(CO)occ1OCc1cc(-c2ccc(Cl)cc2)no1. The predicted octanol–water partition coefficient (Wildman–Crippen LogP) is 3.02. The number of hydrogen-bond donors (Lipinski definition) is 1. The first-order valence-corrected chi connectivity index (χ1v) is 7.10. The summed E-state index contributed by atoms with van der Waals surface area (Å²) in [6.45, 7) is -0.314. The Hall–Kier alpha value is -2.57. The van der Waals surface area contributed by atoms with Gasteiger partial charge in [-0.2, -0.15) is 0 Å². The molecular formula is C16H12ClNO5. The van der Waals surface area contributed by atoms with E-state index in [1.165, 1.54) is 6.07 Å². The van der Waals surface area contributed by atoms with Gasteiger partial charge >= 0.3 is 0 Å². The van der Waals surface area contributed by atoms with Crippen LogP contribution in [0.15, 0.2) is 56.4 Å². The molecule has 0 fully saturated rings. The Kier molecular flexibility index (Phi) is 4.45. The highest BCUT2D eigenvalue weighted by atomic mass is 35.5. The van der Waals surface area contributed by atoms with Gasteiger partial charge in [0.1, 0.15) is 30.9 Å². The zero-order valence-electron chi connectivity index (χ0n) is 11.9. The number of hydrogen-bond acceptors (Lipinski definition) is 6. The fraction of sp³-hybridized carbons (Fsp3) is 0.125. The molecule has 2 heterocycles. The molecule has 7 heteroatoms. The Labute approximate surface area is 135 Å². The highest BCUT2D eigenvalue weighted by Gasteiger charge is 2.09. The second-order valence-corrected chi connectivity index (χ2v) is 5.14. The summed E-state index contributed by atoms with van der Waals surface area (Å²) in [6, 6.07) is 10.1. The molecule has 0 saturated carbocycles. The van der Waals surface area contributed by atoms with Crippen molar-refractivity contribution in [1.29, 1.82) is 0 Å². The van der Waals surface area contributed by atoms with Gasteiger partial charge < -0.3 is 18.8 Å². The first kappa shape index (κ1) is 15.3. The number of aliphatic hydroxyl groups is 1. The highest BCUT2D eigenvalue weighted by Crippen LogP contribution is 2.21. The molecule has 2 aromatic heterocycles. The maximum atomic E-state index is 11.7. The summed E-state index contributed by atoms with van der Waals surface area (Å²) >= 11 is 5.84. The minimum Gasteiger partial charge on any atom is -0.478 e. The van der Waals surface area contributed by atoms with Crippen molar-refractivity contribution in [2.45, 2.75) is 13.2 Å². The van der Waals surface area contributed by atoms with Crippen molar-refractivity contribution in [3.63, 3.8) is 0 Å². The van der Waals surface area contributed by atoms with Crippen molar-refractivity contribution in [3.05, 3.63) is 69.4 Å². The standard InChI is InChI=1S/C16H12ClNO5/c17-11-3-1-10(2-4-11)14-5-13(23-18-14)8-22-16-9-21-12(7-19)6-15(16)20/h1-6,9,19H,7-8H2. The molecule has 118 valence electrons. The van der Waals surface area contributed by atoms with Crippen LogP contribution in [-0.2, 0) is 13.2 Å². The van der Waals surface area contributed by atoms with Crippen molar-refractivity contribution < 1.29 is 18.8 Å². The maximum absolute atomic E-state index is 11.7. The summed E-state index contributed by atoms with van der Waals surface area (Å²) in [7, 11) is 0. The van der Waals surface area contributed by atoms with Crippen molar-refractivity contribution >= 4 is 11.6 Å². The van der Waals surface area contributed by atoms with Crippen LogP contribution in [0.2, 0.25) is 5.02 Å². The third kappa shape index (κ3) is 3.61. The van der Waals surface area contributed by atoms with Gasteiger partial charge in [-0.3, -0.25) is 4.79 Å². The third-order valence-corrected chi connectivity index (χ3v) is 3.33. The summed E-state index contributed by atoms with van der Waals surface area (Å²) in [5, 5.41) is 13.5. The Morgan fingerprint density at radius 1 is 1.17 bits per heavy atom. The monoisotopic (exact) mass is 333 g/mol. The van der Waals surface area contributed by atoms with Crippen LogP contribution in [0.4, 0.5) is 0 Å². The van der Waals surface area contributed by atoms with Gasteiger partial charge in [-0.15, -0.1) is 0 Å². The maximum Gasteiger partial charge on any atom is 0.227 e. The van der Waals surface area contributed by atoms with E-state index in [0.29, 0.717) is 16.5 Å². The lowest BCUT2D eigenvalue weighted by Crippen LogP contribution is -2.07. The van der Waals surface area contributed by atoms with Crippen LogP contribution >= 0.6 is 11.6 Å². The summed E-state index contributed by atoms with van der Waals surface area (Å²) in [6.07, 6.45) is 1.16. The molecule has 0 aliphatic carbocycles. The lowest BCUT2D eigenvalue weighted by Gasteiger charge is -2.02. The summed E-state index contributed by atoms with van der Waals surface area (Å²) in [4.78, 5) is 11.7. The van der Waals surface area contributed by atoms with E-state index in [1.54, 1.807) is 18.2 Å². The normalized spacial score (nSPS) is 10.7. The lowest BCUT2D eigenvalue weighted by atomic mass is 10.1. The van der Waals surface area contributed by atoms with Crippen molar-refractivity contribution in [2.24, 2.45) is 0 Å². The molecule has 3 rings (SSSR count). The van der Waals surface area contributed by atoms with E-state index in [0.717, 1.165) is 11.8 Å². The summed E-state index contributed by atoms with van der Waals surface area (Å²) in [5.41, 5.74) is 1.12. The number of nitrogens with zero attached hydrogens (tertiary/aromatic N) is 1. The lowest BCUT2D eigenvalue weighted by molar-refractivity contribution is 0.225. The molecule has 0 spiro atoms. The van der Waals surface area contributed by atoms with E-state index < -0.39 is 0 Å². The molecule has 0 atom stereocenters. The van der Waals surface area contributed by atoms with E-state index in [1.807, 2.05) is 12.1 Å². The third-order valence-electron chi connectivity index (χ3n) is 3.08. The van der Waals surface area contributed by atoms with E-state index in [9.17, 15) is 4.79 Å². The molecule has 0 radical (unpaired) electrons. The Morgan fingerprint density at radius 3 is 2.65 bits per heavy atom. The molecule has 6 nitrogen and oxygen atoms in total. The van der Waals surface area contributed by atoms with Crippen LogP contribution in [0.1, 0.15) is 11.5 Å². The highest BCUT2D eigenvalue weighted by molar-refractivity contribution is 6.30. The average Bonchev–Trinajstić information content (AvgIpc) is 3.03. The van der Waals surface area contributed by atoms with Gasteiger partial charge in [0.05, 0.1) is 0 Å². The number of rotatable bonds is 5.